The molecule has 0 amide bonds. The highest BCUT2D eigenvalue weighted by molar-refractivity contribution is 5.85. The number of pyridine rings is 2. The maximum atomic E-state index is 4.07. The van der Waals surface area contributed by atoms with Gasteiger partial charge in [0.15, 0.2) is 5.65 Å². The summed E-state index contributed by atoms with van der Waals surface area (Å²) >= 11 is 0. The number of rotatable bonds is 0. The molecular weight excluding hydrogens is 195 g/mol. The van der Waals surface area contributed by atoms with E-state index in [1.165, 1.54) is 0 Å². The normalized spacial score (nSPS) is 8.33. The van der Waals surface area contributed by atoms with Crippen LogP contribution in [0.25, 0.3) is 11.0 Å². The molecule has 0 aliphatic heterocycles. The summed E-state index contributed by atoms with van der Waals surface area (Å²) in [6.07, 6.45) is 3.49. The van der Waals surface area contributed by atoms with Gasteiger partial charge in [-0.3, -0.25) is 0 Å². The van der Waals surface area contributed by atoms with E-state index in [-0.39, 0.29) is 24.8 Å². The lowest BCUT2D eigenvalue weighted by Gasteiger charge is -1.90. The van der Waals surface area contributed by atoms with Crippen molar-refractivity contribution in [3.8, 4) is 0 Å². The SMILES string of the molecule is Cl.Cl.c1cnc2ncccc2c1. The third-order valence-electron chi connectivity index (χ3n) is 1.38. The molecule has 0 unspecified atom stereocenters. The van der Waals surface area contributed by atoms with Gasteiger partial charge in [-0.2, -0.15) is 0 Å². The number of hydrogen-bond donors (Lipinski definition) is 0. The molecule has 0 atom stereocenters. The zero-order valence-corrected chi connectivity index (χ0v) is 7.81. The Labute approximate surface area is 82.9 Å². The Morgan fingerprint density at radius 3 is 1.75 bits per heavy atom. The van der Waals surface area contributed by atoms with Crippen molar-refractivity contribution < 1.29 is 0 Å². The highest BCUT2D eigenvalue weighted by atomic mass is 35.5. The average Bonchev–Trinajstić information content (AvgIpc) is 2.05. The summed E-state index contributed by atoms with van der Waals surface area (Å²) in [5, 5.41) is 1.09. The largest absolute Gasteiger partial charge is 0.237 e. The Hall–Kier alpha value is -0.860. The van der Waals surface area contributed by atoms with E-state index in [4.69, 9.17) is 0 Å². The molecule has 2 rings (SSSR count). The topological polar surface area (TPSA) is 25.8 Å². The van der Waals surface area contributed by atoms with Gasteiger partial charge in [0.2, 0.25) is 0 Å². The second-order valence-corrected chi connectivity index (χ2v) is 2.05. The van der Waals surface area contributed by atoms with Gasteiger partial charge < -0.3 is 0 Å². The van der Waals surface area contributed by atoms with Crippen LogP contribution in [0.5, 0.6) is 0 Å². The maximum Gasteiger partial charge on any atom is 0.159 e. The van der Waals surface area contributed by atoms with Gasteiger partial charge in [-0.1, -0.05) is 0 Å². The molecular formula is C8H8Cl2N2. The molecule has 0 radical (unpaired) electrons. The van der Waals surface area contributed by atoms with E-state index < -0.39 is 0 Å². The number of halogens is 2. The zero-order chi connectivity index (χ0) is 6.81. The number of fused-ring (bicyclic) bond motifs is 1. The Kier molecular flexibility index (Phi) is 4.55. The fraction of sp³-hybridized carbons (Fsp3) is 0. The smallest absolute Gasteiger partial charge is 0.159 e. The number of nitrogens with zero attached hydrogens (tertiary/aromatic N) is 2. The molecule has 0 saturated carbocycles. The van der Waals surface area contributed by atoms with Crippen LogP contribution in [0.4, 0.5) is 0 Å². The molecule has 0 saturated heterocycles. The first kappa shape index (κ1) is 11.1. The molecule has 4 heteroatoms. The maximum absolute atomic E-state index is 4.07. The average molecular weight is 203 g/mol. The summed E-state index contributed by atoms with van der Waals surface area (Å²) in [6, 6.07) is 7.80. The molecule has 2 aromatic rings. The highest BCUT2D eigenvalue weighted by Crippen LogP contribution is 2.04. The van der Waals surface area contributed by atoms with Gasteiger partial charge in [-0.05, 0) is 24.3 Å². The van der Waals surface area contributed by atoms with Crippen LogP contribution >= 0.6 is 24.8 Å². The van der Waals surface area contributed by atoms with E-state index in [1.54, 1.807) is 12.4 Å². The molecule has 0 aliphatic rings. The van der Waals surface area contributed by atoms with Crippen molar-refractivity contribution in [3.05, 3.63) is 36.7 Å². The van der Waals surface area contributed by atoms with Crippen LogP contribution in [0, 0.1) is 0 Å². The van der Waals surface area contributed by atoms with E-state index in [1.807, 2.05) is 24.3 Å². The lowest BCUT2D eigenvalue weighted by Crippen LogP contribution is -1.78. The Balaban J connectivity index is 0.000000605. The van der Waals surface area contributed by atoms with E-state index in [0.29, 0.717) is 0 Å². The first-order chi connectivity index (χ1) is 4.97. The molecule has 0 bridgehead atoms. The van der Waals surface area contributed by atoms with Crippen LogP contribution in [0.3, 0.4) is 0 Å². The summed E-state index contributed by atoms with van der Waals surface area (Å²) in [5.41, 5.74) is 0.810. The summed E-state index contributed by atoms with van der Waals surface area (Å²) in [5.74, 6) is 0. The fourth-order valence-electron chi connectivity index (χ4n) is 0.908. The third kappa shape index (κ3) is 2.06. The van der Waals surface area contributed by atoms with E-state index in [0.717, 1.165) is 11.0 Å². The molecule has 0 aliphatic carbocycles. The summed E-state index contributed by atoms with van der Waals surface area (Å²) in [6.45, 7) is 0. The van der Waals surface area contributed by atoms with Gasteiger partial charge in [0.05, 0.1) is 0 Å². The second kappa shape index (κ2) is 4.91. The van der Waals surface area contributed by atoms with E-state index in [9.17, 15) is 0 Å². The summed E-state index contributed by atoms with van der Waals surface area (Å²) in [7, 11) is 0. The first-order valence-corrected chi connectivity index (χ1v) is 3.12. The van der Waals surface area contributed by atoms with Gasteiger partial charge in [-0.15, -0.1) is 24.8 Å². The molecule has 2 nitrogen and oxygen atoms in total. The lowest BCUT2D eigenvalue weighted by atomic mass is 10.3. The summed E-state index contributed by atoms with van der Waals surface area (Å²) < 4.78 is 0. The number of hydrogen-bond acceptors (Lipinski definition) is 2. The molecule has 0 N–H and O–H groups in total. The van der Waals surface area contributed by atoms with Crippen LogP contribution in [-0.4, -0.2) is 9.97 Å². The Morgan fingerprint density at radius 1 is 0.833 bits per heavy atom. The Bertz CT molecular complexity index is 286. The van der Waals surface area contributed by atoms with Crippen molar-refractivity contribution in [2.45, 2.75) is 0 Å². The van der Waals surface area contributed by atoms with Crippen molar-refractivity contribution in [3.63, 3.8) is 0 Å². The van der Waals surface area contributed by atoms with Crippen molar-refractivity contribution in [1.82, 2.24) is 9.97 Å². The van der Waals surface area contributed by atoms with E-state index >= 15 is 0 Å². The van der Waals surface area contributed by atoms with Crippen LogP contribution in [0.15, 0.2) is 36.7 Å². The van der Waals surface area contributed by atoms with Crippen molar-refractivity contribution in [1.29, 1.82) is 0 Å². The molecule has 0 spiro atoms. The Morgan fingerprint density at radius 2 is 1.33 bits per heavy atom. The first-order valence-electron chi connectivity index (χ1n) is 3.12. The van der Waals surface area contributed by atoms with Crippen LogP contribution in [0.1, 0.15) is 0 Å². The van der Waals surface area contributed by atoms with Gasteiger partial charge in [0.1, 0.15) is 0 Å². The monoisotopic (exact) mass is 202 g/mol. The molecule has 12 heavy (non-hydrogen) atoms. The van der Waals surface area contributed by atoms with Crippen LogP contribution in [-0.2, 0) is 0 Å². The minimum absolute atomic E-state index is 0. The van der Waals surface area contributed by atoms with Gasteiger partial charge in [0.25, 0.3) is 0 Å². The number of aromatic nitrogens is 2. The van der Waals surface area contributed by atoms with Gasteiger partial charge >= 0.3 is 0 Å². The second-order valence-electron chi connectivity index (χ2n) is 2.05. The molecule has 0 fully saturated rings. The molecule has 2 aromatic heterocycles. The molecule has 0 aromatic carbocycles. The molecule has 2 heterocycles. The standard InChI is InChI=1S/C8H6N2.2ClH/c1-3-7-4-2-6-10-8(7)9-5-1;;/h1-6H;2*1H. The zero-order valence-electron chi connectivity index (χ0n) is 6.18. The van der Waals surface area contributed by atoms with Crippen molar-refractivity contribution in [2.24, 2.45) is 0 Å². The predicted octanol–water partition coefficient (Wildman–Crippen LogP) is 2.47. The van der Waals surface area contributed by atoms with Crippen LogP contribution in [0.2, 0.25) is 0 Å². The fourth-order valence-corrected chi connectivity index (χ4v) is 0.908. The lowest BCUT2D eigenvalue weighted by molar-refractivity contribution is 1.29. The quantitative estimate of drug-likeness (QED) is 0.657. The van der Waals surface area contributed by atoms with Crippen LogP contribution < -0.4 is 0 Å². The van der Waals surface area contributed by atoms with Crippen molar-refractivity contribution >= 4 is 35.8 Å². The summed E-state index contributed by atoms with van der Waals surface area (Å²) in [4.78, 5) is 8.14. The minimum atomic E-state index is 0. The minimum Gasteiger partial charge on any atom is -0.237 e. The van der Waals surface area contributed by atoms with Crippen molar-refractivity contribution in [2.75, 3.05) is 0 Å². The van der Waals surface area contributed by atoms with Gasteiger partial charge in [-0.25, -0.2) is 9.97 Å². The van der Waals surface area contributed by atoms with Gasteiger partial charge in [0, 0.05) is 17.8 Å². The third-order valence-corrected chi connectivity index (χ3v) is 1.38. The van der Waals surface area contributed by atoms with E-state index in [2.05, 4.69) is 9.97 Å². The predicted molar refractivity (Wildman–Crippen MR) is 54.0 cm³/mol. The highest BCUT2D eigenvalue weighted by Gasteiger charge is 1.88. The molecule has 64 valence electrons.